The number of anilines is 1. The smallest absolute Gasteiger partial charge is 0.355 e. The molecule has 3 heterocycles. The van der Waals surface area contributed by atoms with Gasteiger partial charge >= 0.3 is 6.18 Å². The maximum absolute atomic E-state index is 13.4. The molecule has 0 bridgehead atoms. The number of halogens is 4. The van der Waals surface area contributed by atoms with E-state index in [1.54, 1.807) is 4.90 Å². The molecule has 1 aliphatic heterocycles. The molecule has 0 aromatic carbocycles. The van der Waals surface area contributed by atoms with Crippen molar-refractivity contribution in [1.82, 2.24) is 20.4 Å². The Morgan fingerprint density at radius 1 is 0.913 bits per heavy atom. The summed E-state index contributed by atoms with van der Waals surface area (Å²) in [6.07, 6.45) is -1.80. The summed E-state index contributed by atoms with van der Waals surface area (Å²) in [5.41, 5.74) is -0.596. The Bertz CT molecular complexity index is 684. The van der Waals surface area contributed by atoms with Gasteiger partial charge in [-0.2, -0.15) is 13.2 Å². The molecule has 0 N–H and O–H groups in total. The fourth-order valence-electron chi connectivity index (χ4n) is 2.51. The van der Waals surface area contributed by atoms with E-state index in [0.29, 0.717) is 13.1 Å². The van der Waals surface area contributed by atoms with Crippen molar-refractivity contribution in [2.75, 3.05) is 18.0 Å². The van der Waals surface area contributed by atoms with E-state index in [9.17, 15) is 13.2 Å². The van der Waals surface area contributed by atoms with E-state index in [1.165, 1.54) is 12.1 Å². The molecule has 2 aromatic heterocycles. The minimum absolute atomic E-state index is 0.0160. The Morgan fingerprint density at radius 2 is 1.61 bits per heavy atom. The first-order chi connectivity index (χ1) is 10.9. The molecule has 2 aromatic rings. The van der Waals surface area contributed by atoms with Gasteiger partial charge in [0.1, 0.15) is 17.0 Å². The maximum atomic E-state index is 13.4. The van der Waals surface area contributed by atoms with E-state index < -0.39 is 11.7 Å². The summed E-state index contributed by atoms with van der Waals surface area (Å²) < 4.78 is 40.2. The van der Waals surface area contributed by atoms with E-state index >= 15 is 0 Å². The number of hydrogen-bond acceptors (Lipinski definition) is 5. The summed E-state index contributed by atoms with van der Waals surface area (Å²) in [6, 6.07) is 3.87. The summed E-state index contributed by atoms with van der Waals surface area (Å²) in [7, 11) is 0. The third kappa shape index (κ3) is 3.52. The lowest BCUT2D eigenvalue weighted by Gasteiger charge is -2.29. The number of rotatable bonds is 2. The number of aromatic nitrogens is 4. The second-order valence-electron chi connectivity index (χ2n) is 5.25. The van der Waals surface area contributed by atoms with Crippen LogP contribution in [0.1, 0.15) is 24.8 Å². The highest BCUT2D eigenvalue weighted by Crippen LogP contribution is 2.37. The topological polar surface area (TPSA) is 54.8 Å². The largest absolute Gasteiger partial charge is 0.420 e. The first kappa shape index (κ1) is 15.9. The quantitative estimate of drug-likeness (QED) is 0.834. The maximum Gasteiger partial charge on any atom is 0.420 e. The molecule has 1 aliphatic rings. The van der Waals surface area contributed by atoms with Crippen LogP contribution in [0.2, 0.25) is 5.15 Å². The monoisotopic (exact) mass is 343 g/mol. The van der Waals surface area contributed by atoms with Crippen LogP contribution in [-0.2, 0) is 6.18 Å². The molecule has 0 atom stereocenters. The van der Waals surface area contributed by atoms with E-state index in [2.05, 4.69) is 20.4 Å². The summed E-state index contributed by atoms with van der Waals surface area (Å²) in [5.74, 6) is -0.122. The highest BCUT2D eigenvalue weighted by atomic mass is 35.5. The molecule has 0 amide bonds. The van der Waals surface area contributed by atoms with Gasteiger partial charge in [-0.25, -0.2) is 0 Å². The zero-order chi connectivity index (χ0) is 16.4. The molecule has 5 nitrogen and oxygen atoms in total. The molecular weight excluding hydrogens is 331 g/mol. The van der Waals surface area contributed by atoms with Crippen molar-refractivity contribution in [3.8, 4) is 11.4 Å². The van der Waals surface area contributed by atoms with E-state index in [1.807, 2.05) is 0 Å². The zero-order valence-electron chi connectivity index (χ0n) is 12.0. The van der Waals surface area contributed by atoms with Gasteiger partial charge in [0.2, 0.25) is 0 Å². The highest BCUT2D eigenvalue weighted by molar-refractivity contribution is 6.29. The highest BCUT2D eigenvalue weighted by Gasteiger charge is 2.37. The first-order valence-corrected chi connectivity index (χ1v) is 7.52. The van der Waals surface area contributed by atoms with Crippen molar-refractivity contribution in [1.29, 1.82) is 0 Å². The predicted molar refractivity (Wildman–Crippen MR) is 79.1 cm³/mol. The molecule has 3 rings (SSSR count). The van der Waals surface area contributed by atoms with Crippen LogP contribution in [0.25, 0.3) is 11.4 Å². The van der Waals surface area contributed by atoms with Crippen LogP contribution in [0, 0.1) is 0 Å². The molecule has 0 saturated carbocycles. The molecule has 9 heteroatoms. The normalized spacial score (nSPS) is 15.7. The van der Waals surface area contributed by atoms with E-state index in [4.69, 9.17) is 11.6 Å². The van der Waals surface area contributed by atoms with Crippen molar-refractivity contribution < 1.29 is 13.2 Å². The number of hydrogen-bond donors (Lipinski definition) is 0. The van der Waals surface area contributed by atoms with Gasteiger partial charge in [-0.1, -0.05) is 11.6 Å². The van der Waals surface area contributed by atoms with E-state index in [-0.39, 0.29) is 22.4 Å². The van der Waals surface area contributed by atoms with Gasteiger partial charge in [0.05, 0.1) is 0 Å². The van der Waals surface area contributed by atoms with Crippen molar-refractivity contribution in [2.45, 2.75) is 25.4 Å². The predicted octanol–water partition coefficient (Wildman–Crippen LogP) is 3.60. The lowest BCUT2D eigenvalue weighted by molar-refractivity contribution is -0.137. The summed E-state index contributed by atoms with van der Waals surface area (Å²) in [6.45, 7) is 1.11. The van der Waals surface area contributed by atoms with Crippen molar-refractivity contribution in [2.24, 2.45) is 0 Å². The molecule has 1 saturated heterocycles. The Labute approximate surface area is 135 Å². The standard InChI is InChI=1S/C14H13ClF3N5/c15-12-5-4-10(19-21-12)11-8-9(14(16,17)18)13(22-20-11)23-6-2-1-3-7-23/h4-5,8H,1-3,6-7H2. The van der Waals surface area contributed by atoms with Crippen LogP contribution in [0.4, 0.5) is 19.0 Å². The second-order valence-corrected chi connectivity index (χ2v) is 5.64. The van der Waals surface area contributed by atoms with Gasteiger partial charge in [-0.05, 0) is 37.5 Å². The molecule has 1 fully saturated rings. The van der Waals surface area contributed by atoms with Crippen LogP contribution in [0.15, 0.2) is 18.2 Å². The van der Waals surface area contributed by atoms with Crippen LogP contribution >= 0.6 is 11.6 Å². The molecule has 0 radical (unpaired) electrons. The van der Waals surface area contributed by atoms with Crippen LogP contribution < -0.4 is 4.90 Å². The Kier molecular flexibility index (Phi) is 4.34. The lowest BCUT2D eigenvalue weighted by Crippen LogP contribution is -2.32. The Balaban J connectivity index is 2.03. The second kappa shape index (κ2) is 6.27. The lowest BCUT2D eigenvalue weighted by atomic mass is 10.1. The Morgan fingerprint density at radius 3 is 2.22 bits per heavy atom. The number of piperidine rings is 1. The van der Waals surface area contributed by atoms with Crippen LogP contribution in [-0.4, -0.2) is 33.5 Å². The van der Waals surface area contributed by atoms with Crippen LogP contribution in [0.5, 0.6) is 0 Å². The van der Waals surface area contributed by atoms with E-state index in [0.717, 1.165) is 25.3 Å². The third-order valence-electron chi connectivity index (χ3n) is 3.63. The molecule has 0 unspecified atom stereocenters. The summed E-state index contributed by atoms with van der Waals surface area (Å²) >= 11 is 5.63. The van der Waals surface area contributed by atoms with Gasteiger partial charge in [0.15, 0.2) is 11.0 Å². The number of alkyl halides is 3. The van der Waals surface area contributed by atoms with Gasteiger partial charge < -0.3 is 4.90 Å². The summed E-state index contributed by atoms with van der Waals surface area (Å²) in [4.78, 5) is 1.64. The van der Waals surface area contributed by atoms with Crippen molar-refractivity contribution in [3.05, 3.63) is 28.9 Å². The first-order valence-electron chi connectivity index (χ1n) is 7.14. The van der Waals surface area contributed by atoms with Crippen molar-refractivity contribution >= 4 is 17.4 Å². The third-order valence-corrected chi connectivity index (χ3v) is 3.83. The minimum atomic E-state index is -4.52. The molecule has 0 aliphatic carbocycles. The molecule has 23 heavy (non-hydrogen) atoms. The SMILES string of the molecule is FC(F)(F)c1cc(-c2ccc(Cl)nn2)nnc1N1CCCCC1. The van der Waals surface area contributed by atoms with Crippen molar-refractivity contribution in [3.63, 3.8) is 0 Å². The van der Waals surface area contributed by atoms with Crippen LogP contribution in [0.3, 0.4) is 0 Å². The fraction of sp³-hybridized carbons (Fsp3) is 0.429. The summed E-state index contributed by atoms with van der Waals surface area (Å²) in [5, 5.41) is 15.2. The van der Waals surface area contributed by atoms with Gasteiger partial charge in [0.25, 0.3) is 0 Å². The Hall–Kier alpha value is -1.96. The molecule has 122 valence electrons. The average molecular weight is 344 g/mol. The number of nitrogens with zero attached hydrogens (tertiary/aromatic N) is 5. The van der Waals surface area contributed by atoms with Gasteiger partial charge in [-0.3, -0.25) is 0 Å². The molecule has 0 spiro atoms. The van der Waals surface area contributed by atoms with Gasteiger partial charge in [-0.15, -0.1) is 20.4 Å². The van der Waals surface area contributed by atoms with Gasteiger partial charge in [0, 0.05) is 13.1 Å². The average Bonchev–Trinajstić information content (AvgIpc) is 2.55. The fourth-order valence-corrected chi connectivity index (χ4v) is 2.61. The molecular formula is C14H13ClF3N5. The minimum Gasteiger partial charge on any atom is -0.355 e. The zero-order valence-corrected chi connectivity index (χ0v) is 12.8.